The van der Waals surface area contributed by atoms with Gasteiger partial charge in [0.05, 0.1) is 10.6 Å². The monoisotopic (exact) mass is 603 g/mol. The molecule has 0 aliphatic heterocycles. The van der Waals surface area contributed by atoms with Crippen molar-refractivity contribution in [2.75, 3.05) is 10.8 Å². The summed E-state index contributed by atoms with van der Waals surface area (Å²) in [4.78, 5) is 28.9. The number of amides is 2. The SMILES string of the molecule is CCC(C(=O)NC(C)(C)C)N(Cc1ccc(Cl)cc1Cl)C(=O)CN(c1ccccc1)S(=O)(=O)c1ccc(C)cc1. The van der Waals surface area contributed by atoms with Crippen LogP contribution in [0.3, 0.4) is 0 Å². The van der Waals surface area contributed by atoms with E-state index < -0.39 is 34.1 Å². The van der Waals surface area contributed by atoms with Gasteiger partial charge in [0.1, 0.15) is 12.6 Å². The van der Waals surface area contributed by atoms with Gasteiger partial charge in [-0.25, -0.2) is 8.42 Å². The van der Waals surface area contributed by atoms with Crippen LogP contribution < -0.4 is 9.62 Å². The lowest BCUT2D eigenvalue weighted by Crippen LogP contribution is -2.55. The molecule has 1 atom stereocenters. The molecule has 2 amide bonds. The molecule has 0 radical (unpaired) electrons. The molecule has 0 saturated carbocycles. The lowest BCUT2D eigenvalue weighted by Gasteiger charge is -2.35. The van der Waals surface area contributed by atoms with Gasteiger partial charge in [-0.05, 0) is 76.1 Å². The first-order chi connectivity index (χ1) is 18.7. The molecule has 0 saturated heterocycles. The maximum absolute atomic E-state index is 14.1. The summed E-state index contributed by atoms with van der Waals surface area (Å²) >= 11 is 12.5. The highest BCUT2D eigenvalue weighted by Gasteiger charge is 2.34. The number of carbonyl (C=O) groups excluding carboxylic acids is 2. The molecule has 1 N–H and O–H groups in total. The van der Waals surface area contributed by atoms with Gasteiger partial charge in [0.15, 0.2) is 0 Å². The van der Waals surface area contributed by atoms with E-state index in [0.717, 1.165) is 9.87 Å². The highest BCUT2D eigenvalue weighted by molar-refractivity contribution is 7.92. The Morgan fingerprint density at radius 1 is 0.950 bits per heavy atom. The number of hydrogen-bond acceptors (Lipinski definition) is 4. The maximum Gasteiger partial charge on any atom is 0.264 e. The second-order valence-corrected chi connectivity index (χ2v) is 13.3. The van der Waals surface area contributed by atoms with Gasteiger partial charge in [-0.3, -0.25) is 13.9 Å². The van der Waals surface area contributed by atoms with Gasteiger partial charge < -0.3 is 10.2 Å². The van der Waals surface area contributed by atoms with E-state index in [4.69, 9.17) is 23.2 Å². The van der Waals surface area contributed by atoms with Crippen molar-refractivity contribution >= 4 is 50.7 Å². The number of sulfonamides is 1. The summed E-state index contributed by atoms with van der Waals surface area (Å²) in [5.74, 6) is -0.900. The van der Waals surface area contributed by atoms with Crippen LogP contribution >= 0.6 is 23.2 Å². The van der Waals surface area contributed by atoms with Gasteiger partial charge >= 0.3 is 0 Å². The molecule has 0 fully saturated rings. The van der Waals surface area contributed by atoms with Crippen molar-refractivity contribution in [3.8, 4) is 0 Å². The van der Waals surface area contributed by atoms with Crippen LogP contribution in [-0.4, -0.2) is 43.3 Å². The number of para-hydroxylation sites is 1. The van der Waals surface area contributed by atoms with Crippen molar-refractivity contribution in [1.82, 2.24) is 10.2 Å². The number of halogens is 2. The van der Waals surface area contributed by atoms with Crippen molar-refractivity contribution in [2.45, 2.75) is 64.1 Å². The Hall–Kier alpha value is -3.07. The van der Waals surface area contributed by atoms with E-state index in [1.165, 1.54) is 17.0 Å². The fourth-order valence-electron chi connectivity index (χ4n) is 4.17. The third-order valence-corrected chi connectivity index (χ3v) is 8.55. The van der Waals surface area contributed by atoms with E-state index >= 15 is 0 Å². The molecule has 3 aromatic rings. The molecule has 7 nitrogen and oxygen atoms in total. The molecule has 3 rings (SSSR count). The molecule has 1 unspecified atom stereocenters. The molecular weight excluding hydrogens is 569 g/mol. The molecule has 10 heteroatoms. The summed E-state index contributed by atoms with van der Waals surface area (Å²) in [6.07, 6.45) is 0.301. The van der Waals surface area contributed by atoms with Crippen LogP contribution in [0.1, 0.15) is 45.2 Å². The molecule has 0 aromatic heterocycles. The van der Waals surface area contributed by atoms with Gasteiger partial charge in [0, 0.05) is 22.1 Å². The zero-order valence-corrected chi connectivity index (χ0v) is 25.6. The fourth-order valence-corrected chi connectivity index (χ4v) is 6.05. The van der Waals surface area contributed by atoms with E-state index in [-0.39, 0.29) is 17.3 Å². The van der Waals surface area contributed by atoms with Gasteiger partial charge in [-0.2, -0.15) is 0 Å². The number of aryl methyl sites for hydroxylation is 1. The number of benzene rings is 3. The molecule has 0 bridgehead atoms. The quantitative estimate of drug-likeness (QED) is 0.298. The van der Waals surface area contributed by atoms with Crippen LogP contribution in [-0.2, 0) is 26.2 Å². The summed E-state index contributed by atoms with van der Waals surface area (Å²) in [7, 11) is -4.13. The van der Waals surface area contributed by atoms with Crippen LogP contribution in [0.15, 0.2) is 77.7 Å². The first-order valence-electron chi connectivity index (χ1n) is 12.9. The Kier molecular flexibility index (Phi) is 10.3. The Morgan fingerprint density at radius 2 is 1.57 bits per heavy atom. The summed E-state index contributed by atoms with van der Waals surface area (Å²) in [5, 5.41) is 3.71. The molecule has 40 heavy (non-hydrogen) atoms. The minimum Gasteiger partial charge on any atom is -0.350 e. The summed E-state index contributed by atoms with van der Waals surface area (Å²) in [6.45, 7) is 8.68. The lowest BCUT2D eigenvalue weighted by atomic mass is 10.1. The highest BCUT2D eigenvalue weighted by Crippen LogP contribution is 2.27. The van der Waals surface area contributed by atoms with E-state index in [1.54, 1.807) is 67.6 Å². The highest BCUT2D eigenvalue weighted by atomic mass is 35.5. The molecular formula is C30H35Cl2N3O4S. The summed E-state index contributed by atoms with van der Waals surface area (Å²) in [5.41, 5.74) is 1.27. The van der Waals surface area contributed by atoms with Crippen LogP contribution in [0.2, 0.25) is 10.0 Å². The van der Waals surface area contributed by atoms with E-state index in [0.29, 0.717) is 27.7 Å². The molecule has 214 valence electrons. The van der Waals surface area contributed by atoms with Crippen molar-refractivity contribution in [2.24, 2.45) is 0 Å². The minimum atomic E-state index is -4.13. The Labute approximate surface area is 247 Å². The Balaban J connectivity index is 2.07. The van der Waals surface area contributed by atoms with Gasteiger partial charge in [0.2, 0.25) is 11.8 Å². The first kappa shape index (κ1) is 31.5. The number of nitrogens with one attached hydrogen (secondary N) is 1. The normalized spacial score (nSPS) is 12.5. The molecule has 0 heterocycles. The topological polar surface area (TPSA) is 86.8 Å². The van der Waals surface area contributed by atoms with E-state index in [2.05, 4.69) is 5.32 Å². The fraction of sp³-hybridized carbons (Fsp3) is 0.333. The van der Waals surface area contributed by atoms with Gasteiger partial charge in [0.25, 0.3) is 10.0 Å². The maximum atomic E-state index is 14.1. The smallest absolute Gasteiger partial charge is 0.264 e. The van der Waals surface area contributed by atoms with Crippen molar-refractivity contribution in [3.63, 3.8) is 0 Å². The van der Waals surface area contributed by atoms with Crippen molar-refractivity contribution < 1.29 is 18.0 Å². The second kappa shape index (κ2) is 13.1. The predicted octanol–water partition coefficient (Wildman–Crippen LogP) is 6.22. The van der Waals surface area contributed by atoms with Crippen LogP contribution in [0.4, 0.5) is 5.69 Å². The zero-order valence-electron chi connectivity index (χ0n) is 23.3. The minimum absolute atomic E-state index is 0.0158. The predicted molar refractivity (Wildman–Crippen MR) is 161 cm³/mol. The average Bonchev–Trinajstić information content (AvgIpc) is 2.88. The van der Waals surface area contributed by atoms with E-state index in [9.17, 15) is 18.0 Å². The number of carbonyl (C=O) groups is 2. The molecule has 3 aromatic carbocycles. The number of hydrogen-bond donors (Lipinski definition) is 1. The third-order valence-electron chi connectivity index (χ3n) is 6.17. The van der Waals surface area contributed by atoms with Crippen molar-refractivity contribution in [1.29, 1.82) is 0 Å². The number of rotatable bonds is 10. The summed E-state index contributed by atoms with van der Waals surface area (Å²) in [6, 6.07) is 18.9. The standard InChI is InChI=1S/C30H35Cl2N3O4S/c1-6-27(29(37)33-30(3,4)5)34(19-22-14-15-23(31)18-26(22)32)28(36)20-35(24-10-8-7-9-11-24)40(38,39)25-16-12-21(2)13-17-25/h7-18,27H,6,19-20H2,1-5H3,(H,33,37). The van der Waals surface area contributed by atoms with Crippen LogP contribution in [0.5, 0.6) is 0 Å². The molecule has 0 aliphatic rings. The molecule has 0 spiro atoms. The van der Waals surface area contributed by atoms with Crippen molar-refractivity contribution in [3.05, 3.63) is 94.0 Å². The average molecular weight is 605 g/mol. The van der Waals surface area contributed by atoms with Gasteiger partial charge in [-0.15, -0.1) is 0 Å². The second-order valence-electron chi connectivity index (χ2n) is 10.6. The lowest BCUT2D eigenvalue weighted by molar-refractivity contribution is -0.141. The third kappa shape index (κ3) is 7.99. The first-order valence-corrected chi connectivity index (χ1v) is 15.1. The van der Waals surface area contributed by atoms with Crippen LogP contribution in [0.25, 0.3) is 0 Å². The van der Waals surface area contributed by atoms with E-state index in [1.807, 2.05) is 27.7 Å². The summed E-state index contributed by atoms with van der Waals surface area (Å²) < 4.78 is 28.8. The molecule has 0 aliphatic carbocycles. The zero-order chi connectivity index (χ0) is 29.7. The number of anilines is 1. The number of nitrogens with zero attached hydrogens (tertiary/aromatic N) is 2. The Bertz CT molecular complexity index is 1440. The largest absolute Gasteiger partial charge is 0.350 e. The van der Waals surface area contributed by atoms with Gasteiger partial charge in [-0.1, -0.05) is 72.1 Å². The Morgan fingerprint density at radius 3 is 2.12 bits per heavy atom. The van der Waals surface area contributed by atoms with Crippen LogP contribution in [0, 0.1) is 6.92 Å².